The first kappa shape index (κ1) is 19.4. The van der Waals surface area contributed by atoms with Crippen molar-refractivity contribution >= 4 is 5.52 Å². The molecule has 0 unspecified atom stereocenters. The zero-order chi connectivity index (χ0) is 21.3. The van der Waals surface area contributed by atoms with Crippen LogP contribution in [0.2, 0.25) is 0 Å². The first-order chi connectivity index (χ1) is 14.5. The van der Waals surface area contributed by atoms with E-state index in [0.717, 1.165) is 11.5 Å². The largest absolute Gasteiger partial charge is 0.493 e. The van der Waals surface area contributed by atoms with E-state index in [1.807, 2.05) is 32.0 Å². The quantitative estimate of drug-likeness (QED) is 0.478. The molecule has 4 aromatic rings. The van der Waals surface area contributed by atoms with Crippen LogP contribution in [-0.2, 0) is 0 Å². The molecule has 0 aliphatic carbocycles. The van der Waals surface area contributed by atoms with Crippen molar-refractivity contribution in [3.05, 3.63) is 48.0 Å². The molecule has 4 rings (SSSR count). The minimum Gasteiger partial charge on any atom is -0.493 e. The number of hydrogen-bond donors (Lipinski definition) is 0. The summed E-state index contributed by atoms with van der Waals surface area (Å²) in [6, 6.07) is 8.96. The number of nitrogens with zero attached hydrogens (tertiary/aromatic N) is 5. The number of methoxy groups -OCH3 is 3. The Hall–Kier alpha value is -3.88. The van der Waals surface area contributed by atoms with Crippen molar-refractivity contribution in [3.63, 3.8) is 0 Å². The zero-order valence-corrected chi connectivity index (χ0v) is 17.3. The Balaban J connectivity index is 1.88. The van der Waals surface area contributed by atoms with Crippen LogP contribution in [0.3, 0.4) is 0 Å². The molecule has 0 atom stereocenters. The van der Waals surface area contributed by atoms with Gasteiger partial charge in [0.15, 0.2) is 17.0 Å². The van der Waals surface area contributed by atoms with Crippen molar-refractivity contribution < 1.29 is 18.9 Å². The highest BCUT2D eigenvalue weighted by Gasteiger charge is 2.20. The number of aryl methyl sites for hydroxylation is 2. The van der Waals surface area contributed by atoms with Crippen molar-refractivity contribution in [2.45, 2.75) is 13.8 Å². The van der Waals surface area contributed by atoms with Gasteiger partial charge < -0.3 is 18.9 Å². The smallest absolute Gasteiger partial charge is 0.249 e. The molecule has 0 spiro atoms. The van der Waals surface area contributed by atoms with Crippen molar-refractivity contribution in [2.24, 2.45) is 0 Å². The highest BCUT2D eigenvalue weighted by Crippen LogP contribution is 2.42. The van der Waals surface area contributed by atoms with E-state index >= 15 is 0 Å². The number of aromatic nitrogens is 5. The van der Waals surface area contributed by atoms with E-state index < -0.39 is 0 Å². The fourth-order valence-electron chi connectivity index (χ4n) is 3.19. The van der Waals surface area contributed by atoms with Crippen LogP contribution < -0.4 is 18.9 Å². The number of benzene rings is 1. The summed E-state index contributed by atoms with van der Waals surface area (Å²) in [5, 5.41) is 4.59. The lowest BCUT2D eigenvalue weighted by Crippen LogP contribution is -2.04. The number of ether oxygens (including phenoxy) is 4. The summed E-state index contributed by atoms with van der Waals surface area (Å²) in [5.41, 5.74) is 2.04. The SMILES string of the molecule is COc1cc(Oc2nc(-c3ccccn3)nn3c(C)nc(C)c23)cc(OC)c1OC. The lowest BCUT2D eigenvalue weighted by atomic mass is 10.2. The topological polar surface area (TPSA) is 92.9 Å². The van der Waals surface area contributed by atoms with Gasteiger partial charge in [-0.3, -0.25) is 4.98 Å². The molecule has 0 amide bonds. The molecular formula is C21H21N5O4. The average Bonchev–Trinajstić information content (AvgIpc) is 3.07. The van der Waals surface area contributed by atoms with Crippen LogP contribution >= 0.6 is 0 Å². The number of pyridine rings is 1. The van der Waals surface area contributed by atoms with Crippen molar-refractivity contribution in [3.8, 4) is 40.4 Å². The van der Waals surface area contributed by atoms with E-state index in [2.05, 4.69) is 20.1 Å². The molecule has 0 saturated heterocycles. The Morgan fingerprint density at radius 1 is 0.900 bits per heavy atom. The summed E-state index contributed by atoms with van der Waals surface area (Å²) in [7, 11) is 4.65. The van der Waals surface area contributed by atoms with Crippen LogP contribution in [0, 0.1) is 13.8 Å². The number of imidazole rings is 1. The third kappa shape index (κ3) is 3.34. The molecule has 0 fully saturated rings. The Labute approximate surface area is 173 Å². The minimum absolute atomic E-state index is 0.345. The molecule has 3 heterocycles. The predicted molar refractivity (Wildman–Crippen MR) is 110 cm³/mol. The van der Waals surface area contributed by atoms with E-state index in [1.165, 1.54) is 0 Å². The molecule has 0 aliphatic rings. The van der Waals surface area contributed by atoms with Gasteiger partial charge in [-0.15, -0.1) is 5.10 Å². The van der Waals surface area contributed by atoms with Crippen molar-refractivity contribution in [2.75, 3.05) is 21.3 Å². The first-order valence-electron chi connectivity index (χ1n) is 9.19. The van der Waals surface area contributed by atoms with E-state index in [9.17, 15) is 0 Å². The van der Waals surface area contributed by atoms with Crippen LogP contribution in [0.15, 0.2) is 36.5 Å². The molecule has 9 heteroatoms. The molecule has 3 aromatic heterocycles. The standard InChI is InChI=1S/C21H21N5O4/c1-12-18-21(30-14-10-16(27-3)19(29-5)17(11-14)28-4)24-20(15-8-6-7-9-22-15)25-26(18)13(2)23-12/h6-11H,1-5H3. The maximum Gasteiger partial charge on any atom is 0.249 e. The van der Waals surface area contributed by atoms with Crippen LogP contribution in [0.1, 0.15) is 11.5 Å². The molecule has 1 aromatic carbocycles. The van der Waals surface area contributed by atoms with Gasteiger partial charge in [0.2, 0.25) is 17.5 Å². The molecule has 0 saturated carbocycles. The van der Waals surface area contributed by atoms with Gasteiger partial charge in [0.25, 0.3) is 0 Å². The maximum atomic E-state index is 6.18. The molecule has 9 nitrogen and oxygen atoms in total. The van der Waals surface area contributed by atoms with Gasteiger partial charge in [-0.1, -0.05) is 6.07 Å². The van der Waals surface area contributed by atoms with Crippen LogP contribution in [0.5, 0.6) is 28.9 Å². The van der Waals surface area contributed by atoms with Crippen molar-refractivity contribution in [1.82, 2.24) is 24.6 Å². The summed E-state index contributed by atoms with van der Waals surface area (Å²) >= 11 is 0. The summed E-state index contributed by atoms with van der Waals surface area (Å²) in [4.78, 5) is 13.5. The van der Waals surface area contributed by atoms with Crippen LogP contribution in [0.25, 0.3) is 17.0 Å². The monoisotopic (exact) mass is 407 g/mol. The molecule has 0 N–H and O–H groups in total. The third-order valence-electron chi connectivity index (χ3n) is 4.54. The third-order valence-corrected chi connectivity index (χ3v) is 4.54. The summed E-state index contributed by atoms with van der Waals surface area (Å²) in [5.74, 6) is 3.38. The van der Waals surface area contributed by atoms with E-state index in [-0.39, 0.29) is 0 Å². The second kappa shape index (κ2) is 7.86. The van der Waals surface area contributed by atoms with Gasteiger partial charge in [0, 0.05) is 18.3 Å². The van der Waals surface area contributed by atoms with E-state index in [0.29, 0.717) is 45.9 Å². The highest BCUT2D eigenvalue weighted by atomic mass is 16.5. The Morgan fingerprint density at radius 3 is 2.23 bits per heavy atom. The summed E-state index contributed by atoms with van der Waals surface area (Å²) < 4.78 is 24.1. The normalized spacial score (nSPS) is 10.8. The van der Waals surface area contributed by atoms with Crippen LogP contribution in [-0.4, -0.2) is 45.9 Å². The van der Waals surface area contributed by atoms with Crippen molar-refractivity contribution in [1.29, 1.82) is 0 Å². The van der Waals surface area contributed by atoms with Gasteiger partial charge in [-0.2, -0.15) is 4.98 Å². The Kier molecular flexibility index (Phi) is 5.09. The average molecular weight is 407 g/mol. The van der Waals surface area contributed by atoms with Gasteiger partial charge in [0.1, 0.15) is 17.3 Å². The number of rotatable bonds is 6. The molecular weight excluding hydrogens is 386 g/mol. The molecule has 0 bridgehead atoms. The maximum absolute atomic E-state index is 6.18. The molecule has 30 heavy (non-hydrogen) atoms. The molecule has 0 radical (unpaired) electrons. The Morgan fingerprint density at radius 2 is 1.63 bits per heavy atom. The van der Waals surface area contributed by atoms with E-state index in [4.69, 9.17) is 18.9 Å². The lowest BCUT2D eigenvalue weighted by molar-refractivity contribution is 0.320. The number of fused-ring (bicyclic) bond motifs is 1. The lowest BCUT2D eigenvalue weighted by Gasteiger charge is -2.15. The van der Waals surface area contributed by atoms with Gasteiger partial charge >= 0.3 is 0 Å². The highest BCUT2D eigenvalue weighted by molar-refractivity contribution is 5.65. The summed E-state index contributed by atoms with van der Waals surface area (Å²) in [6.07, 6.45) is 1.69. The Bertz CT molecular complexity index is 1180. The second-order valence-corrected chi connectivity index (χ2v) is 6.42. The minimum atomic E-state index is 0.345. The number of hydrogen-bond acceptors (Lipinski definition) is 8. The van der Waals surface area contributed by atoms with Crippen LogP contribution in [0.4, 0.5) is 0 Å². The second-order valence-electron chi connectivity index (χ2n) is 6.42. The predicted octanol–water partition coefficient (Wildman–Crippen LogP) is 3.62. The molecule has 154 valence electrons. The van der Waals surface area contributed by atoms with E-state index in [1.54, 1.807) is 44.2 Å². The zero-order valence-electron chi connectivity index (χ0n) is 17.3. The summed E-state index contributed by atoms with van der Waals surface area (Å²) in [6.45, 7) is 3.76. The fraction of sp³-hybridized carbons (Fsp3) is 0.238. The van der Waals surface area contributed by atoms with Gasteiger partial charge in [-0.25, -0.2) is 9.50 Å². The van der Waals surface area contributed by atoms with Gasteiger partial charge in [0.05, 0.1) is 27.0 Å². The molecule has 0 aliphatic heterocycles. The first-order valence-corrected chi connectivity index (χ1v) is 9.19. The fourth-order valence-corrected chi connectivity index (χ4v) is 3.19. The van der Waals surface area contributed by atoms with Gasteiger partial charge in [-0.05, 0) is 26.0 Å².